The van der Waals surface area contributed by atoms with Gasteiger partial charge in [0.15, 0.2) is 0 Å². The van der Waals surface area contributed by atoms with Crippen molar-refractivity contribution in [2.45, 2.75) is 19.1 Å². The molecular formula is C15H16BrN3O2. The maximum Gasteiger partial charge on any atom is 0.319 e. The summed E-state index contributed by atoms with van der Waals surface area (Å²) in [5, 5.41) is 15.6. The third-order valence-corrected chi connectivity index (χ3v) is 3.51. The molecule has 6 heteroatoms. The van der Waals surface area contributed by atoms with Gasteiger partial charge in [-0.15, -0.1) is 0 Å². The van der Waals surface area contributed by atoms with Gasteiger partial charge in [0.2, 0.25) is 0 Å². The van der Waals surface area contributed by atoms with E-state index in [4.69, 9.17) is 0 Å². The Morgan fingerprint density at radius 3 is 2.43 bits per heavy atom. The molecule has 1 aromatic heterocycles. The molecule has 0 bridgehead atoms. The van der Waals surface area contributed by atoms with E-state index >= 15 is 0 Å². The minimum atomic E-state index is -0.777. The molecule has 3 N–H and O–H groups in total. The molecule has 2 rings (SSSR count). The summed E-state index contributed by atoms with van der Waals surface area (Å²) in [5.74, 6) is 0. The third-order valence-electron chi connectivity index (χ3n) is 2.98. The first-order valence-electron chi connectivity index (χ1n) is 6.47. The van der Waals surface area contributed by atoms with E-state index in [-0.39, 0.29) is 6.03 Å². The normalized spacial score (nSPS) is 13.3. The lowest BCUT2D eigenvalue weighted by atomic mass is 10.0. The van der Waals surface area contributed by atoms with Crippen molar-refractivity contribution in [2.24, 2.45) is 0 Å². The van der Waals surface area contributed by atoms with Crippen LogP contribution in [0.4, 0.5) is 10.5 Å². The van der Waals surface area contributed by atoms with Gasteiger partial charge in [-0.05, 0) is 36.8 Å². The predicted molar refractivity (Wildman–Crippen MR) is 85.0 cm³/mol. The van der Waals surface area contributed by atoms with E-state index in [1.807, 2.05) is 24.3 Å². The molecule has 0 aliphatic rings. The highest BCUT2D eigenvalue weighted by Crippen LogP contribution is 2.19. The number of pyridine rings is 1. The molecule has 0 unspecified atom stereocenters. The molecule has 110 valence electrons. The smallest absolute Gasteiger partial charge is 0.319 e. The number of amides is 2. The van der Waals surface area contributed by atoms with Crippen LogP contribution in [-0.2, 0) is 0 Å². The molecule has 0 spiro atoms. The number of urea groups is 1. The van der Waals surface area contributed by atoms with Crippen LogP contribution in [-0.4, -0.2) is 22.2 Å². The monoisotopic (exact) mass is 349 g/mol. The Morgan fingerprint density at radius 1 is 1.19 bits per heavy atom. The summed E-state index contributed by atoms with van der Waals surface area (Å²) < 4.78 is 0.939. The van der Waals surface area contributed by atoms with Gasteiger partial charge >= 0.3 is 6.03 Å². The Hall–Kier alpha value is -1.92. The number of aliphatic hydroxyl groups is 1. The summed E-state index contributed by atoms with van der Waals surface area (Å²) in [6.45, 7) is 1.75. The van der Waals surface area contributed by atoms with Crippen LogP contribution in [0.2, 0.25) is 0 Å². The predicted octanol–water partition coefficient (Wildman–Crippen LogP) is 3.09. The Labute approximate surface area is 131 Å². The van der Waals surface area contributed by atoms with E-state index < -0.39 is 12.1 Å². The molecular weight excluding hydrogens is 334 g/mol. The zero-order chi connectivity index (χ0) is 15.2. The molecule has 5 nitrogen and oxygen atoms in total. The maximum absolute atomic E-state index is 11.9. The fourth-order valence-corrected chi connectivity index (χ4v) is 2.10. The van der Waals surface area contributed by atoms with Crippen LogP contribution in [0, 0.1) is 0 Å². The number of nitrogens with zero attached hydrogens (tertiary/aromatic N) is 1. The number of carbonyl (C=O) groups is 1. The molecule has 2 amide bonds. The topological polar surface area (TPSA) is 74.2 Å². The van der Waals surface area contributed by atoms with Gasteiger partial charge in [-0.25, -0.2) is 4.79 Å². The van der Waals surface area contributed by atoms with Gasteiger partial charge < -0.3 is 15.7 Å². The lowest BCUT2D eigenvalue weighted by molar-refractivity contribution is 0.139. The van der Waals surface area contributed by atoms with Gasteiger partial charge in [0.05, 0.1) is 12.1 Å². The molecule has 21 heavy (non-hydrogen) atoms. The largest absolute Gasteiger partial charge is 0.386 e. The van der Waals surface area contributed by atoms with E-state index in [9.17, 15) is 9.90 Å². The summed E-state index contributed by atoms with van der Waals surface area (Å²) in [4.78, 5) is 15.7. The van der Waals surface area contributed by atoms with Crippen LogP contribution in [0.15, 0.2) is 53.3 Å². The van der Waals surface area contributed by atoms with Crippen molar-refractivity contribution in [1.82, 2.24) is 10.3 Å². The van der Waals surface area contributed by atoms with Crippen molar-refractivity contribution >= 4 is 27.6 Å². The van der Waals surface area contributed by atoms with E-state index in [1.165, 1.54) is 0 Å². The average molecular weight is 350 g/mol. The minimum Gasteiger partial charge on any atom is -0.386 e. The summed E-state index contributed by atoms with van der Waals surface area (Å²) in [5.41, 5.74) is 1.39. The van der Waals surface area contributed by atoms with E-state index in [1.54, 1.807) is 31.5 Å². The number of benzene rings is 1. The number of rotatable bonds is 4. The molecule has 0 fully saturated rings. The van der Waals surface area contributed by atoms with Gasteiger partial charge in [-0.2, -0.15) is 0 Å². The zero-order valence-electron chi connectivity index (χ0n) is 11.5. The lowest BCUT2D eigenvalue weighted by Gasteiger charge is -2.21. The van der Waals surface area contributed by atoms with Crippen molar-refractivity contribution in [3.05, 3.63) is 58.8 Å². The Bertz CT molecular complexity index is 590. The molecule has 1 aromatic carbocycles. The Morgan fingerprint density at radius 2 is 1.81 bits per heavy atom. The molecule has 2 aromatic rings. The number of carbonyl (C=O) groups excluding carboxylic acids is 1. The number of aromatic nitrogens is 1. The van der Waals surface area contributed by atoms with Gasteiger partial charge in [0.1, 0.15) is 0 Å². The number of hydrogen-bond donors (Lipinski definition) is 3. The number of aliphatic hydroxyl groups excluding tert-OH is 1. The molecule has 2 atom stereocenters. The first kappa shape index (κ1) is 15.5. The third kappa shape index (κ3) is 4.54. The molecule has 0 saturated heterocycles. The molecule has 0 aliphatic heterocycles. The van der Waals surface area contributed by atoms with E-state index in [0.717, 1.165) is 10.0 Å². The van der Waals surface area contributed by atoms with Crippen molar-refractivity contribution in [3.8, 4) is 0 Å². The number of halogens is 1. The summed E-state index contributed by atoms with van der Waals surface area (Å²) in [7, 11) is 0. The highest BCUT2D eigenvalue weighted by molar-refractivity contribution is 9.10. The van der Waals surface area contributed by atoms with Crippen molar-refractivity contribution in [3.63, 3.8) is 0 Å². The summed E-state index contributed by atoms with van der Waals surface area (Å²) in [6, 6.07) is 9.91. The Balaban J connectivity index is 1.92. The SMILES string of the molecule is C[C@@H](NC(=O)Nc1ccncc1)[C@H](O)c1ccc(Br)cc1. The van der Waals surface area contributed by atoms with Gasteiger partial charge in [0.25, 0.3) is 0 Å². The van der Waals surface area contributed by atoms with Gasteiger partial charge in [-0.1, -0.05) is 28.1 Å². The fourth-order valence-electron chi connectivity index (χ4n) is 1.84. The highest BCUT2D eigenvalue weighted by Gasteiger charge is 2.18. The molecule has 0 saturated carbocycles. The second-order valence-corrected chi connectivity index (χ2v) is 5.54. The number of nitrogens with one attached hydrogen (secondary N) is 2. The minimum absolute atomic E-state index is 0.370. The first-order valence-corrected chi connectivity index (χ1v) is 7.26. The van der Waals surface area contributed by atoms with E-state index in [0.29, 0.717) is 5.69 Å². The average Bonchev–Trinajstić information content (AvgIpc) is 2.48. The maximum atomic E-state index is 11.9. The molecule has 1 heterocycles. The van der Waals surface area contributed by atoms with E-state index in [2.05, 4.69) is 31.5 Å². The van der Waals surface area contributed by atoms with Crippen molar-refractivity contribution < 1.29 is 9.90 Å². The van der Waals surface area contributed by atoms with Crippen LogP contribution < -0.4 is 10.6 Å². The van der Waals surface area contributed by atoms with Crippen molar-refractivity contribution in [1.29, 1.82) is 0 Å². The summed E-state index contributed by atoms with van der Waals surface area (Å²) in [6.07, 6.45) is 2.41. The lowest BCUT2D eigenvalue weighted by Crippen LogP contribution is -2.39. The van der Waals surface area contributed by atoms with Gasteiger partial charge in [-0.3, -0.25) is 4.98 Å². The Kier molecular flexibility index (Phi) is 5.30. The van der Waals surface area contributed by atoms with Crippen molar-refractivity contribution in [2.75, 3.05) is 5.32 Å². The standard InChI is InChI=1S/C15H16BrN3O2/c1-10(14(20)11-2-4-12(16)5-3-11)18-15(21)19-13-6-8-17-9-7-13/h2-10,14,20H,1H3,(H2,17,18,19,21)/t10-,14+/m1/s1. The summed E-state index contributed by atoms with van der Waals surface area (Å²) >= 11 is 3.34. The van der Waals surface area contributed by atoms with Crippen LogP contribution >= 0.6 is 15.9 Å². The van der Waals surface area contributed by atoms with Crippen LogP contribution in [0.3, 0.4) is 0 Å². The highest BCUT2D eigenvalue weighted by atomic mass is 79.9. The second kappa shape index (κ2) is 7.19. The first-order chi connectivity index (χ1) is 10.1. The number of anilines is 1. The van der Waals surface area contributed by atoms with Crippen LogP contribution in [0.1, 0.15) is 18.6 Å². The van der Waals surface area contributed by atoms with Crippen LogP contribution in [0.25, 0.3) is 0 Å². The molecule has 0 aliphatic carbocycles. The quantitative estimate of drug-likeness (QED) is 0.793. The zero-order valence-corrected chi connectivity index (χ0v) is 13.0. The number of hydrogen-bond acceptors (Lipinski definition) is 3. The van der Waals surface area contributed by atoms with Gasteiger partial charge in [0, 0.05) is 22.6 Å². The fraction of sp³-hybridized carbons (Fsp3) is 0.200. The molecule has 0 radical (unpaired) electrons. The van der Waals surface area contributed by atoms with Crippen LogP contribution in [0.5, 0.6) is 0 Å². The second-order valence-electron chi connectivity index (χ2n) is 4.62.